The molecule has 1 heterocycles. The van der Waals surface area contributed by atoms with Crippen LogP contribution in [0.1, 0.15) is 59.4 Å². The molecule has 6 heteroatoms. The Labute approximate surface area is 247 Å². The van der Waals surface area contributed by atoms with Crippen molar-refractivity contribution in [3.05, 3.63) is 90.5 Å². The molecule has 1 fully saturated rings. The number of methoxy groups -OCH3 is 1. The molecule has 41 heavy (non-hydrogen) atoms. The van der Waals surface area contributed by atoms with Crippen molar-refractivity contribution >= 4 is 24.7 Å². The van der Waals surface area contributed by atoms with Crippen LogP contribution in [0.3, 0.4) is 0 Å². The molecule has 0 aromatic heterocycles. The van der Waals surface area contributed by atoms with Crippen LogP contribution in [0, 0.1) is 11.8 Å². The number of benzene rings is 3. The minimum Gasteiger partial charge on any atom is -0.497 e. The van der Waals surface area contributed by atoms with Crippen molar-refractivity contribution in [3.63, 3.8) is 0 Å². The van der Waals surface area contributed by atoms with Gasteiger partial charge in [0.15, 0.2) is 0 Å². The van der Waals surface area contributed by atoms with Crippen molar-refractivity contribution in [1.29, 1.82) is 0 Å². The van der Waals surface area contributed by atoms with Gasteiger partial charge >= 0.3 is 5.97 Å². The molecule has 0 saturated carbocycles. The topological polar surface area (TPSA) is 54.0 Å². The maximum absolute atomic E-state index is 13.1. The number of hydrogen-bond acceptors (Lipinski definition) is 5. The molecule has 4 rings (SSSR count). The van der Waals surface area contributed by atoms with Crippen LogP contribution in [0.5, 0.6) is 5.75 Å². The van der Waals surface area contributed by atoms with Crippen LogP contribution in [-0.2, 0) is 25.3 Å². The van der Waals surface area contributed by atoms with Gasteiger partial charge in [-0.3, -0.25) is 4.79 Å². The molecule has 1 aliphatic heterocycles. The third-order valence-corrected chi connectivity index (χ3v) is 13.4. The normalized spacial score (nSPS) is 20.9. The second kappa shape index (κ2) is 13.8. The maximum Gasteiger partial charge on any atom is 0.308 e. The van der Waals surface area contributed by atoms with Crippen molar-refractivity contribution in [2.45, 2.75) is 77.7 Å². The summed E-state index contributed by atoms with van der Waals surface area (Å²) in [6, 6.07) is 29.2. The molecule has 220 valence electrons. The van der Waals surface area contributed by atoms with Gasteiger partial charge < -0.3 is 18.6 Å². The van der Waals surface area contributed by atoms with Crippen LogP contribution in [0.25, 0.3) is 0 Å². The predicted octanol–water partition coefficient (Wildman–Crippen LogP) is 6.52. The van der Waals surface area contributed by atoms with E-state index in [-0.39, 0.29) is 41.5 Å². The Kier molecular flexibility index (Phi) is 10.5. The highest BCUT2D eigenvalue weighted by molar-refractivity contribution is 6.99. The lowest BCUT2D eigenvalue weighted by molar-refractivity contribution is -0.160. The van der Waals surface area contributed by atoms with E-state index in [9.17, 15) is 4.79 Å². The zero-order valence-corrected chi connectivity index (χ0v) is 26.5. The molecule has 1 saturated heterocycles. The van der Waals surface area contributed by atoms with Crippen molar-refractivity contribution < 1.29 is 23.4 Å². The summed E-state index contributed by atoms with van der Waals surface area (Å²) in [5.74, 6) is 0.923. The van der Waals surface area contributed by atoms with Crippen LogP contribution in [0.2, 0.25) is 5.04 Å². The van der Waals surface area contributed by atoms with Gasteiger partial charge in [-0.15, -0.1) is 0 Å². The lowest BCUT2D eigenvalue weighted by atomic mass is 9.90. The quantitative estimate of drug-likeness (QED) is 0.204. The maximum atomic E-state index is 13.1. The van der Waals surface area contributed by atoms with Crippen molar-refractivity contribution in [2.24, 2.45) is 11.8 Å². The Bertz CT molecular complexity index is 1180. The number of carbonyl (C=O) groups is 1. The Balaban J connectivity index is 1.44. The Hall–Kier alpha value is -2.93. The first kappa shape index (κ1) is 31.0. The fraction of sp³-hybridized carbons (Fsp3) is 0.457. The number of cyclic esters (lactones) is 1. The van der Waals surface area contributed by atoms with Gasteiger partial charge in [-0.25, -0.2) is 0 Å². The molecule has 0 spiro atoms. The number of esters is 1. The Morgan fingerprint density at radius 2 is 1.49 bits per heavy atom. The summed E-state index contributed by atoms with van der Waals surface area (Å²) in [7, 11) is -1.00. The van der Waals surface area contributed by atoms with E-state index in [1.165, 1.54) is 10.4 Å². The van der Waals surface area contributed by atoms with E-state index in [1.807, 2.05) is 24.3 Å². The van der Waals surface area contributed by atoms with Gasteiger partial charge in [-0.05, 0) is 51.9 Å². The van der Waals surface area contributed by atoms with Gasteiger partial charge in [0.2, 0.25) is 0 Å². The van der Waals surface area contributed by atoms with E-state index >= 15 is 0 Å². The van der Waals surface area contributed by atoms with Crippen LogP contribution >= 0.6 is 0 Å². The van der Waals surface area contributed by atoms with E-state index in [0.29, 0.717) is 13.2 Å². The summed E-state index contributed by atoms with van der Waals surface area (Å²) < 4.78 is 24.7. The fourth-order valence-corrected chi connectivity index (χ4v) is 10.6. The zero-order chi connectivity index (χ0) is 29.5. The lowest BCUT2D eigenvalue weighted by Gasteiger charge is -2.44. The summed E-state index contributed by atoms with van der Waals surface area (Å²) in [4.78, 5) is 13.1. The summed E-state index contributed by atoms with van der Waals surface area (Å²) in [5.41, 5.74) is 1.06. The van der Waals surface area contributed by atoms with Gasteiger partial charge in [0.25, 0.3) is 8.32 Å². The first-order valence-electron chi connectivity index (χ1n) is 14.8. The van der Waals surface area contributed by atoms with Gasteiger partial charge in [-0.2, -0.15) is 0 Å². The standard InChI is InChI=1S/C35H46O5Si/c1-26-17-22-32(40-34(36)23-33(26)38-25-28-18-20-29(37-6)21-19-28)27(2)24-39-41(35(3,4)5,30-13-9-7-10-14-30)31-15-11-8-12-16-31/h7-16,18-21,26-27,32-33H,17,22-25H2,1-6H3/t26-,27+,32+,33+/m0/s1. The van der Waals surface area contributed by atoms with Crippen molar-refractivity contribution in [3.8, 4) is 5.75 Å². The van der Waals surface area contributed by atoms with E-state index in [4.69, 9.17) is 18.6 Å². The molecule has 0 N–H and O–H groups in total. The van der Waals surface area contributed by atoms with E-state index in [2.05, 4.69) is 95.3 Å². The molecule has 3 aromatic carbocycles. The molecule has 0 unspecified atom stereocenters. The smallest absolute Gasteiger partial charge is 0.308 e. The predicted molar refractivity (Wildman–Crippen MR) is 167 cm³/mol. The minimum atomic E-state index is -2.66. The number of rotatable bonds is 10. The molecule has 0 radical (unpaired) electrons. The minimum absolute atomic E-state index is 0.0598. The summed E-state index contributed by atoms with van der Waals surface area (Å²) in [6.07, 6.45) is 1.62. The molecule has 3 aromatic rings. The average molecular weight is 575 g/mol. The molecule has 0 amide bonds. The molecule has 0 aliphatic carbocycles. The van der Waals surface area contributed by atoms with Gasteiger partial charge in [-0.1, -0.05) is 107 Å². The first-order valence-corrected chi connectivity index (χ1v) is 16.7. The molecular formula is C35H46O5Si. The second-order valence-electron chi connectivity index (χ2n) is 12.4. The Morgan fingerprint density at radius 1 is 0.902 bits per heavy atom. The molecular weight excluding hydrogens is 528 g/mol. The summed E-state index contributed by atoms with van der Waals surface area (Å²) in [6.45, 7) is 12.2. The Morgan fingerprint density at radius 3 is 2.02 bits per heavy atom. The highest BCUT2D eigenvalue weighted by Gasteiger charge is 2.50. The van der Waals surface area contributed by atoms with Crippen molar-refractivity contribution in [1.82, 2.24) is 0 Å². The van der Waals surface area contributed by atoms with Crippen LogP contribution in [0.15, 0.2) is 84.9 Å². The first-order chi connectivity index (χ1) is 19.6. The van der Waals surface area contributed by atoms with Crippen LogP contribution in [0.4, 0.5) is 0 Å². The highest BCUT2D eigenvalue weighted by Crippen LogP contribution is 2.37. The number of ether oxygens (including phenoxy) is 3. The second-order valence-corrected chi connectivity index (χ2v) is 16.7. The van der Waals surface area contributed by atoms with E-state index < -0.39 is 8.32 Å². The fourth-order valence-electron chi connectivity index (χ4n) is 5.93. The summed E-state index contributed by atoms with van der Waals surface area (Å²) in [5, 5.41) is 2.41. The molecule has 0 bridgehead atoms. The zero-order valence-electron chi connectivity index (χ0n) is 25.5. The van der Waals surface area contributed by atoms with E-state index in [1.54, 1.807) is 7.11 Å². The molecule has 4 atom stereocenters. The third kappa shape index (κ3) is 7.48. The monoisotopic (exact) mass is 574 g/mol. The van der Waals surface area contributed by atoms with Gasteiger partial charge in [0.1, 0.15) is 11.9 Å². The third-order valence-electron chi connectivity index (χ3n) is 8.43. The van der Waals surface area contributed by atoms with Crippen LogP contribution in [-0.4, -0.2) is 40.2 Å². The lowest BCUT2D eigenvalue weighted by Crippen LogP contribution is -2.67. The van der Waals surface area contributed by atoms with Gasteiger partial charge in [0, 0.05) is 12.5 Å². The largest absolute Gasteiger partial charge is 0.497 e. The SMILES string of the molecule is COc1ccc(CO[C@@H]2CC(=O)O[C@@H]([C@H](C)CO[Si](c3ccccc3)(c3ccccc3)C(C)(C)C)CC[C@@H]2C)cc1. The highest BCUT2D eigenvalue weighted by atomic mass is 28.4. The summed E-state index contributed by atoms with van der Waals surface area (Å²) >= 11 is 0. The van der Waals surface area contributed by atoms with Crippen LogP contribution < -0.4 is 15.1 Å². The number of carbonyl (C=O) groups excluding carboxylic acids is 1. The average Bonchev–Trinajstić information content (AvgIpc) is 2.97. The van der Waals surface area contributed by atoms with Gasteiger partial charge in [0.05, 0.1) is 26.2 Å². The number of hydrogen-bond donors (Lipinski definition) is 0. The van der Waals surface area contributed by atoms with E-state index in [0.717, 1.165) is 24.2 Å². The molecule has 5 nitrogen and oxygen atoms in total. The van der Waals surface area contributed by atoms with Crippen molar-refractivity contribution in [2.75, 3.05) is 13.7 Å². The molecule has 1 aliphatic rings.